The van der Waals surface area contributed by atoms with Crippen LogP contribution in [0.2, 0.25) is 0 Å². The first-order valence-corrected chi connectivity index (χ1v) is 9.90. The zero-order valence-electron chi connectivity index (χ0n) is 16.0. The number of benzene rings is 2. The molecule has 0 aromatic heterocycles. The Bertz CT molecular complexity index is 948. The van der Waals surface area contributed by atoms with Crippen molar-refractivity contribution in [3.8, 4) is 11.5 Å². The number of anilines is 1. The quantitative estimate of drug-likeness (QED) is 0.589. The van der Waals surface area contributed by atoms with Crippen LogP contribution in [0.3, 0.4) is 0 Å². The smallest absolute Gasteiger partial charge is 0.258 e. The van der Waals surface area contributed by atoms with Crippen LogP contribution in [0.5, 0.6) is 11.5 Å². The van der Waals surface area contributed by atoms with Crippen LogP contribution in [0, 0.1) is 0 Å². The van der Waals surface area contributed by atoms with Gasteiger partial charge in [-0.25, -0.2) is 0 Å². The first-order chi connectivity index (χ1) is 14.0. The molecule has 0 aliphatic carbocycles. The summed E-state index contributed by atoms with van der Waals surface area (Å²) >= 11 is 3.48. The zero-order chi connectivity index (χ0) is 21.0. The van der Waals surface area contributed by atoms with Gasteiger partial charge < -0.3 is 25.4 Å². The molecule has 8 heteroatoms. The van der Waals surface area contributed by atoms with Crippen LogP contribution in [0.25, 0.3) is 0 Å². The highest BCUT2D eigenvalue weighted by atomic mass is 79.9. The monoisotopic (exact) mass is 459 g/mol. The number of carbonyl (C=O) groups is 2. The van der Waals surface area contributed by atoms with E-state index in [4.69, 9.17) is 15.2 Å². The van der Waals surface area contributed by atoms with E-state index in [-0.39, 0.29) is 12.5 Å². The first kappa shape index (κ1) is 20.7. The molecule has 152 valence electrons. The number of fused-ring (bicyclic) bond motifs is 1. The van der Waals surface area contributed by atoms with Gasteiger partial charge in [0.2, 0.25) is 0 Å². The summed E-state index contributed by atoms with van der Waals surface area (Å²) in [6.45, 7) is 6.12. The SMILES string of the molecule is C=CCN1C(=O)c2ccccc2N[C@@H]1c1cc(Br)c(OCC(N)=O)c(OCC)c1. The second-order valence-corrected chi connectivity index (χ2v) is 7.21. The molecule has 0 saturated carbocycles. The number of ether oxygens (including phenoxy) is 2. The van der Waals surface area contributed by atoms with Crippen LogP contribution in [0.15, 0.2) is 53.5 Å². The molecule has 0 radical (unpaired) electrons. The van der Waals surface area contributed by atoms with Crippen LogP contribution >= 0.6 is 15.9 Å². The molecule has 7 nitrogen and oxygen atoms in total. The van der Waals surface area contributed by atoms with E-state index in [9.17, 15) is 9.59 Å². The Kier molecular flexibility index (Phi) is 6.43. The maximum atomic E-state index is 13.0. The Morgan fingerprint density at radius 2 is 2.10 bits per heavy atom. The highest BCUT2D eigenvalue weighted by molar-refractivity contribution is 9.10. The number of amides is 2. The summed E-state index contributed by atoms with van der Waals surface area (Å²) in [4.78, 5) is 25.9. The molecule has 29 heavy (non-hydrogen) atoms. The second kappa shape index (κ2) is 9.00. The molecule has 0 spiro atoms. The number of primary amides is 1. The van der Waals surface area contributed by atoms with Gasteiger partial charge in [-0.2, -0.15) is 0 Å². The molecule has 3 rings (SSSR count). The normalized spacial score (nSPS) is 15.3. The van der Waals surface area contributed by atoms with E-state index in [2.05, 4.69) is 27.8 Å². The van der Waals surface area contributed by atoms with Gasteiger partial charge in [-0.3, -0.25) is 9.59 Å². The number of carbonyl (C=O) groups excluding carboxylic acids is 2. The number of nitrogens with zero attached hydrogens (tertiary/aromatic N) is 1. The third-order valence-electron chi connectivity index (χ3n) is 4.35. The van der Waals surface area contributed by atoms with Crippen molar-refractivity contribution in [3.63, 3.8) is 0 Å². The molecule has 2 aromatic rings. The standard InChI is InChI=1S/C21H22BrN3O4/c1-3-9-25-20(24-16-8-6-5-7-14(16)21(25)27)13-10-15(22)19(29-12-18(23)26)17(11-13)28-4-2/h3,5-8,10-11,20,24H,1,4,9,12H2,2H3,(H2,23,26)/t20-/m0/s1. The van der Waals surface area contributed by atoms with Gasteiger partial charge in [0.25, 0.3) is 11.8 Å². The minimum atomic E-state index is -0.586. The number of hydrogen-bond acceptors (Lipinski definition) is 5. The van der Waals surface area contributed by atoms with E-state index < -0.39 is 12.1 Å². The zero-order valence-corrected chi connectivity index (χ0v) is 17.6. The van der Waals surface area contributed by atoms with Crippen LogP contribution in [0.4, 0.5) is 5.69 Å². The Balaban J connectivity index is 2.04. The van der Waals surface area contributed by atoms with Crippen molar-refractivity contribution < 1.29 is 19.1 Å². The molecule has 0 fully saturated rings. The van der Waals surface area contributed by atoms with E-state index in [1.165, 1.54) is 0 Å². The van der Waals surface area contributed by atoms with Gasteiger partial charge in [0.1, 0.15) is 6.17 Å². The molecule has 1 atom stereocenters. The van der Waals surface area contributed by atoms with E-state index in [0.29, 0.717) is 34.7 Å². The second-order valence-electron chi connectivity index (χ2n) is 6.36. The molecule has 2 amide bonds. The van der Waals surface area contributed by atoms with Gasteiger partial charge in [-0.1, -0.05) is 18.2 Å². The van der Waals surface area contributed by atoms with E-state index in [1.54, 1.807) is 23.1 Å². The highest BCUT2D eigenvalue weighted by Crippen LogP contribution is 2.41. The predicted molar refractivity (Wildman–Crippen MR) is 114 cm³/mol. The van der Waals surface area contributed by atoms with Gasteiger partial charge in [-0.15, -0.1) is 6.58 Å². The summed E-state index contributed by atoms with van der Waals surface area (Å²) in [5.74, 6) is 0.154. The predicted octanol–water partition coefficient (Wildman–Crippen LogP) is 3.46. The summed E-state index contributed by atoms with van der Waals surface area (Å²) in [5.41, 5.74) is 7.34. The average molecular weight is 460 g/mol. The van der Waals surface area contributed by atoms with Crippen molar-refractivity contribution >= 4 is 33.4 Å². The summed E-state index contributed by atoms with van der Waals surface area (Å²) in [5, 5.41) is 3.41. The van der Waals surface area contributed by atoms with Crippen LogP contribution < -0.4 is 20.5 Å². The molecule has 0 saturated heterocycles. The molecule has 3 N–H and O–H groups in total. The van der Waals surface area contributed by atoms with Gasteiger partial charge >= 0.3 is 0 Å². The van der Waals surface area contributed by atoms with Crippen molar-refractivity contribution in [1.82, 2.24) is 4.90 Å². The van der Waals surface area contributed by atoms with Crippen molar-refractivity contribution in [2.24, 2.45) is 5.73 Å². The topological polar surface area (TPSA) is 93.9 Å². The molecule has 1 heterocycles. The lowest BCUT2D eigenvalue weighted by Crippen LogP contribution is -2.43. The lowest BCUT2D eigenvalue weighted by molar-refractivity contribution is -0.119. The Hall–Kier alpha value is -3.00. The molecule has 0 bridgehead atoms. The molecular formula is C21H22BrN3O4. The fourth-order valence-electron chi connectivity index (χ4n) is 3.18. The van der Waals surface area contributed by atoms with Crippen molar-refractivity contribution in [2.45, 2.75) is 13.1 Å². The van der Waals surface area contributed by atoms with Crippen molar-refractivity contribution in [3.05, 3.63) is 64.7 Å². The lowest BCUT2D eigenvalue weighted by atomic mass is 10.0. The molecule has 1 aliphatic rings. The Labute approximate surface area is 177 Å². The number of nitrogens with two attached hydrogens (primary N) is 1. The van der Waals surface area contributed by atoms with Gasteiger partial charge in [0.15, 0.2) is 18.1 Å². The van der Waals surface area contributed by atoms with Crippen LogP contribution in [-0.2, 0) is 4.79 Å². The van der Waals surface area contributed by atoms with E-state index >= 15 is 0 Å². The molecule has 2 aromatic carbocycles. The fourth-order valence-corrected chi connectivity index (χ4v) is 3.75. The van der Waals surface area contributed by atoms with Gasteiger partial charge in [0, 0.05) is 12.2 Å². The third-order valence-corrected chi connectivity index (χ3v) is 4.94. The highest BCUT2D eigenvalue weighted by Gasteiger charge is 2.33. The van der Waals surface area contributed by atoms with E-state index in [0.717, 1.165) is 11.3 Å². The molecule has 0 unspecified atom stereocenters. The average Bonchev–Trinajstić information content (AvgIpc) is 2.69. The van der Waals surface area contributed by atoms with Crippen LogP contribution in [-0.4, -0.2) is 36.5 Å². The number of para-hydroxylation sites is 1. The summed E-state index contributed by atoms with van der Waals surface area (Å²) in [7, 11) is 0. The fraction of sp³-hybridized carbons (Fsp3) is 0.238. The minimum absolute atomic E-state index is 0.0904. The third kappa shape index (κ3) is 4.37. The van der Waals surface area contributed by atoms with Crippen LogP contribution in [0.1, 0.15) is 29.0 Å². The Morgan fingerprint density at radius 3 is 2.79 bits per heavy atom. The van der Waals surface area contributed by atoms with E-state index in [1.807, 2.05) is 31.2 Å². The maximum absolute atomic E-state index is 13.0. The van der Waals surface area contributed by atoms with Gasteiger partial charge in [0.05, 0.1) is 16.6 Å². The van der Waals surface area contributed by atoms with Crippen molar-refractivity contribution in [2.75, 3.05) is 25.1 Å². The summed E-state index contributed by atoms with van der Waals surface area (Å²) in [6, 6.07) is 11.0. The molecular weight excluding hydrogens is 438 g/mol. The lowest BCUT2D eigenvalue weighted by Gasteiger charge is -2.38. The first-order valence-electron chi connectivity index (χ1n) is 9.11. The van der Waals surface area contributed by atoms with Gasteiger partial charge in [-0.05, 0) is 52.7 Å². The molecule has 1 aliphatic heterocycles. The summed E-state index contributed by atoms with van der Waals surface area (Å²) < 4.78 is 11.8. The number of rotatable bonds is 8. The summed E-state index contributed by atoms with van der Waals surface area (Å²) in [6.07, 6.45) is 1.25. The Morgan fingerprint density at radius 1 is 1.34 bits per heavy atom. The number of hydrogen-bond donors (Lipinski definition) is 2. The maximum Gasteiger partial charge on any atom is 0.258 e. The number of nitrogens with one attached hydrogen (secondary N) is 1. The number of halogens is 1. The minimum Gasteiger partial charge on any atom is -0.490 e. The van der Waals surface area contributed by atoms with Crippen molar-refractivity contribution in [1.29, 1.82) is 0 Å². The largest absolute Gasteiger partial charge is 0.490 e.